The third kappa shape index (κ3) is 25.7. The van der Waals surface area contributed by atoms with E-state index in [4.69, 9.17) is 9.47 Å². The molecule has 2 N–H and O–H groups in total. The second-order valence-electron chi connectivity index (χ2n) is 7.88. The normalized spacial score (nSPS) is 12.2. The Labute approximate surface area is 236 Å². The minimum Gasteiger partial charge on any atom is -0.480 e. The van der Waals surface area contributed by atoms with Gasteiger partial charge in [0.1, 0.15) is 11.6 Å². The molecule has 0 aromatic carbocycles. The molecule has 7 heteroatoms. The van der Waals surface area contributed by atoms with E-state index >= 15 is 0 Å². The van der Waals surface area contributed by atoms with Crippen LogP contribution in [0.5, 0.6) is 0 Å². The topological polar surface area (TPSA) is 84.9 Å². The van der Waals surface area contributed by atoms with Crippen LogP contribution in [0.2, 0.25) is 0 Å². The molecule has 6 nitrogen and oxygen atoms in total. The summed E-state index contributed by atoms with van der Waals surface area (Å²) in [4.78, 5) is 23.0. The molecule has 0 aliphatic rings. The van der Waals surface area contributed by atoms with E-state index in [2.05, 4.69) is 37.9 Å². The molecular weight excluding hydrogens is 551 g/mol. The van der Waals surface area contributed by atoms with Crippen LogP contribution in [-0.2, 0) is 14.3 Å². The number of allylic oxidation sites excluding steroid dienone is 5. The molecular formula is C26H46NNdO5. The van der Waals surface area contributed by atoms with Gasteiger partial charge in [-0.25, -0.2) is 21.2 Å². The number of hydrogen-bond donors (Lipinski definition) is 2. The third-order valence-corrected chi connectivity index (χ3v) is 3.89. The molecule has 0 rings (SSSR count). The number of carbonyl (C=O) groups is 2. The van der Waals surface area contributed by atoms with Crippen LogP contribution in [0.3, 0.4) is 0 Å². The first-order chi connectivity index (χ1) is 14.6. The number of hydrogen-bond acceptors (Lipinski definition) is 4. The minimum absolute atomic E-state index is 0. The van der Waals surface area contributed by atoms with Gasteiger partial charge in [-0.1, -0.05) is 25.8 Å². The molecule has 0 spiro atoms. The maximum Gasteiger partial charge on any atom is 3.00 e. The molecule has 0 heterocycles. The first-order valence-corrected chi connectivity index (χ1v) is 11.1. The van der Waals surface area contributed by atoms with E-state index < -0.39 is 23.7 Å². The molecule has 0 aliphatic carbocycles. The van der Waals surface area contributed by atoms with Crippen molar-refractivity contribution in [2.45, 2.75) is 91.7 Å². The van der Waals surface area contributed by atoms with Crippen LogP contribution in [0.1, 0.15) is 80.1 Å². The largest absolute Gasteiger partial charge is 3.00 e. The molecule has 0 aromatic heterocycles. The maximum absolute atomic E-state index is 11.7. The average molecular weight is 597 g/mol. The number of ether oxygens (including phenoxy) is 2. The van der Waals surface area contributed by atoms with Gasteiger partial charge in [0.25, 0.3) is 0 Å². The summed E-state index contributed by atoms with van der Waals surface area (Å²) in [7, 11) is 0. The van der Waals surface area contributed by atoms with Gasteiger partial charge in [-0.2, -0.15) is 13.0 Å². The fourth-order valence-corrected chi connectivity index (χ4v) is 2.37. The fraction of sp³-hybridized carbons (Fsp3) is 0.615. The number of alkyl carbamates (subject to hydrolysis) is 1. The molecule has 0 bridgehead atoms. The number of nitrogens with one attached hydrogen (secondary N) is 1. The Morgan fingerprint density at radius 2 is 1.76 bits per heavy atom. The van der Waals surface area contributed by atoms with Gasteiger partial charge in [-0.15, -0.1) is 6.08 Å². The Hall–Kier alpha value is -0.729. The van der Waals surface area contributed by atoms with Crippen LogP contribution in [0, 0.1) is 61.3 Å². The van der Waals surface area contributed by atoms with Crippen molar-refractivity contribution in [3.8, 4) is 0 Å². The van der Waals surface area contributed by atoms with Crippen molar-refractivity contribution in [3.63, 3.8) is 0 Å². The van der Waals surface area contributed by atoms with Gasteiger partial charge >= 0.3 is 52.9 Å². The number of rotatable bonds is 14. The molecule has 189 valence electrons. The zero-order valence-corrected chi connectivity index (χ0v) is 25.1. The number of carboxylic acids is 1. The summed E-state index contributed by atoms with van der Waals surface area (Å²) in [5.74, 6) is -1.11. The van der Waals surface area contributed by atoms with Crippen LogP contribution in [-0.4, -0.2) is 42.0 Å². The molecule has 1 amide bonds. The number of amides is 1. The maximum atomic E-state index is 11.7. The molecule has 0 saturated carbocycles. The molecule has 1 unspecified atom stereocenters. The van der Waals surface area contributed by atoms with E-state index in [-0.39, 0.29) is 61.3 Å². The van der Waals surface area contributed by atoms with Gasteiger partial charge in [-0.3, -0.25) is 6.08 Å². The van der Waals surface area contributed by atoms with Gasteiger partial charge in [0.2, 0.25) is 0 Å². The monoisotopic (exact) mass is 594 g/mol. The van der Waals surface area contributed by atoms with E-state index in [1.54, 1.807) is 20.8 Å². The zero-order chi connectivity index (χ0) is 24.3. The SMILES string of the molecule is C=[C-]/C(=C\C=C(/C)CCCCOCCC(NC(=O)OC(C)(C)C)C(=O)O)CC[CH2-].CC.[CH3-].[Nd+3]. The van der Waals surface area contributed by atoms with Crippen LogP contribution in [0.4, 0.5) is 4.79 Å². The van der Waals surface area contributed by atoms with Crippen molar-refractivity contribution < 1.29 is 65.0 Å². The smallest absolute Gasteiger partial charge is 0.480 e. The van der Waals surface area contributed by atoms with Crippen LogP contribution in [0.15, 0.2) is 29.9 Å². The van der Waals surface area contributed by atoms with Crippen molar-refractivity contribution in [2.75, 3.05) is 13.2 Å². The zero-order valence-electron chi connectivity index (χ0n) is 21.9. The standard InChI is InChI=1S/C23H37NO5.C2H6.CH3.Nd/c1-7-11-19(8-2)14-13-18(3)12-9-10-16-28-17-15-20(21(25)26)24-22(27)29-23(4,5)6;1-2;;/h13-14,20H,1-2,7,9-12,15-17H2,3-6H3,(H,24,27)(H,25,26);1-2H3;1H3;/q-2;;-1;+3/b18-13+,19-14+;;;. The summed E-state index contributed by atoms with van der Waals surface area (Å²) in [6, 6.07) is -1.03. The fourth-order valence-electron chi connectivity index (χ4n) is 2.37. The van der Waals surface area contributed by atoms with Crippen molar-refractivity contribution in [1.82, 2.24) is 5.32 Å². The molecule has 0 saturated heterocycles. The van der Waals surface area contributed by atoms with E-state index in [1.165, 1.54) is 5.57 Å². The summed E-state index contributed by atoms with van der Waals surface area (Å²) in [5.41, 5.74) is 1.66. The summed E-state index contributed by atoms with van der Waals surface area (Å²) < 4.78 is 10.6. The average Bonchev–Trinajstić information content (AvgIpc) is 2.69. The molecule has 1 radical (unpaired) electrons. The predicted molar refractivity (Wildman–Crippen MR) is 133 cm³/mol. The van der Waals surface area contributed by atoms with E-state index in [0.29, 0.717) is 6.61 Å². The van der Waals surface area contributed by atoms with Gasteiger partial charge in [0.05, 0.1) is 0 Å². The number of carboxylic acid groups (broad SMARTS) is 1. The Balaban J connectivity index is -0.00000102. The van der Waals surface area contributed by atoms with Crippen molar-refractivity contribution in [3.05, 3.63) is 50.3 Å². The van der Waals surface area contributed by atoms with E-state index in [9.17, 15) is 14.7 Å². The van der Waals surface area contributed by atoms with Gasteiger partial charge in [0.15, 0.2) is 0 Å². The van der Waals surface area contributed by atoms with Crippen LogP contribution >= 0.6 is 0 Å². The molecule has 33 heavy (non-hydrogen) atoms. The summed E-state index contributed by atoms with van der Waals surface area (Å²) in [6.07, 6.45) is 11.0. The molecule has 0 fully saturated rings. The van der Waals surface area contributed by atoms with Crippen molar-refractivity contribution >= 4 is 12.1 Å². The summed E-state index contributed by atoms with van der Waals surface area (Å²) in [5, 5.41) is 11.6. The Morgan fingerprint density at radius 1 is 1.15 bits per heavy atom. The first-order valence-electron chi connectivity index (χ1n) is 11.1. The van der Waals surface area contributed by atoms with Gasteiger partial charge in [0, 0.05) is 19.6 Å². The summed E-state index contributed by atoms with van der Waals surface area (Å²) in [6.45, 7) is 19.6. The van der Waals surface area contributed by atoms with Crippen LogP contribution < -0.4 is 5.32 Å². The Bertz CT molecular complexity index is 580. The minimum atomic E-state index is -1.11. The number of aliphatic carboxylic acids is 1. The molecule has 1 atom stereocenters. The Morgan fingerprint density at radius 3 is 2.24 bits per heavy atom. The van der Waals surface area contributed by atoms with Gasteiger partial charge < -0.3 is 34.2 Å². The Kier molecular flexibility index (Phi) is 29.2. The molecule has 0 aliphatic heterocycles. The number of unbranched alkanes of at least 4 members (excludes halogenated alkanes) is 1. The van der Waals surface area contributed by atoms with Crippen molar-refractivity contribution in [2.24, 2.45) is 0 Å². The number of carbonyl (C=O) groups excluding carboxylic acids is 1. The van der Waals surface area contributed by atoms with E-state index in [1.807, 2.05) is 19.9 Å². The molecule has 0 aromatic rings. The second kappa shape index (κ2) is 24.4. The van der Waals surface area contributed by atoms with Crippen molar-refractivity contribution in [1.29, 1.82) is 0 Å². The predicted octanol–water partition coefficient (Wildman–Crippen LogP) is 6.49. The summed E-state index contributed by atoms with van der Waals surface area (Å²) >= 11 is 0. The quantitative estimate of drug-likeness (QED) is 0.136. The first kappa shape index (κ1) is 39.5. The third-order valence-electron chi connectivity index (χ3n) is 3.89. The van der Waals surface area contributed by atoms with Gasteiger partial charge in [-0.05, 0) is 47.0 Å². The van der Waals surface area contributed by atoms with Crippen LogP contribution in [0.25, 0.3) is 0 Å². The van der Waals surface area contributed by atoms with E-state index in [0.717, 1.165) is 37.7 Å². The second-order valence-corrected chi connectivity index (χ2v) is 7.88.